The number of carbonyl (C=O) groups excluding carboxylic acids is 1. The molecule has 0 aromatic rings. The molecule has 0 aromatic heterocycles. The van der Waals surface area contributed by atoms with Gasteiger partial charge in [-0.2, -0.15) is 5.48 Å². The van der Waals surface area contributed by atoms with Gasteiger partial charge in [-0.15, -0.1) is 11.6 Å². The Balaban J connectivity index is 2.97. The van der Waals surface area contributed by atoms with Crippen LogP contribution in [0, 0.1) is 0 Å². The van der Waals surface area contributed by atoms with Crippen molar-refractivity contribution in [3.63, 3.8) is 0 Å². The Hall–Kier alpha value is -0.280. The van der Waals surface area contributed by atoms with Crippen molar-refractivity contribution in [3.8, 4) is 0 Å². The second-order valence-corrected chi connectivity index (χ2v) is 1.79. The summed E-state index contributed by atoms with van der Waals surface area (Å²) in [4.78, 5) is 14.8. The van der Waals surface area contributed by atoms with Gasteiger partial charge in [0, 0.05) is 18.8 Å². The summed E-state index contributed by atoms with van der Waals surface area (Å²) in [7, 11) is 0. The van der Waals surface area contributed by atoms with Gasteiger partial charge >= 0.3 is 5.97 Å². The zero-order valence-electron chi connectivity index (χ0n) is 5.32. The number of nitrogens with one attached hydrogen (secondary N) is 1. The van der Waals surface area contributed by atoms with Crippen LogP contribution < -0.4 is 5.48 Å². The summed E-state index contributed by atoms with van der Waals surface area (Å²) >= 11 is 5.27. The molecule has 3 nitrogen and oxygen atoms in total. The molecule has 0 unspecified atom stereocenters. The lowest BCUT2D eigenvalue weighted by atomic mass is 10.5. The van der Waals surface area contributed by atoms with Crippen molar-refractivity contribution in [2.45, 2.75) is 13.3 Å². The third-order valence-electron chi connectivity index (χ3n) is 0.671. The minimum absolute atomic E-state index is 0.264. The average Bonchev–Trinajstić information content (AvgIpc) is 1.89. The van der Waals surface area contributed by atoms with E-state index in [1.807, 2.05) is 0 Å². The summed E-state index contributed by atoms with van der Waals surface area (Å²) in [5.41, 5.74) is 2.40. The first kappa shape index (κ1) is 8.72. The topological polar surface area (TPSA) is 38.3 Å². The summed E-state index contributed by atoms with van der Waals surface area (Å²) in [6.45, 7) is 2.22. The number of carbonyl (C=O) groups is 1. The fourth-order valence-corrected chi connectivity index (χ4v) is 0.319. The molecule has 4 heteroatoms. The molecule has 0 aliphatic rings. The molecule has 0 bridgehead atoms. The fourth-order valence-electron chi connectivity index (χ4n) is 0.242. The maximum atomic E-state index is 10.4. The molecule has 0 aromatic carbocycles. The lowest BCUT2D eigenvalue weighted by Gasteiger charge is -1.99. The van der Waals surface area contributed by atoms with Crippen LogP contribution in [0.15, 0.2) is 0 Å². The van der Waals surface area contributed by atoms with Gasteiger partial charge in [-0.1, -0.05) is 6.92 Å². The molecule has 1 N–H and O–H groups in total. The third-order valence-corrected chi connectivity index (χ3v) is 0.860. The molecular weight excluding hydrogens is 142 g/mol. The first-order valence-electron chi connectivity index (χ1n) is 2.79. The van der Waals surface area contributed by atoms with Crippen LogP contribution in [0.25, 0.3) is 0 Å². The van der Waals surface area contributed by atoms with E-state index in [0.717, 1.165) is 0 Å². The maximum Gasteiger partial charge on any atom is 0.324 e. The minimum atomic E-state index is -0.264. The zero-order chi connectivity index (χ0) is 7.11. The highest BCUT2D eigenvalue weighted by Crippen LogP contribution is 1.79. The van der Waals surface area contributed by atoms with Crippen molar-refractivity contribution in [3.05, 3.63) is 0 Å². The van der Waals surface area contributed by atoms with Gasteiger partial charge in [0.15, 0.2) is 0 Å². The van der Waals surface area contributed by atoms with Crippen molar-refractivity contribution in [2.24, 2.45) is 0 Å². The zero-order valence-corrected chi connectivity index (χ0v) is 6.07. The molecular formula is C5H10ClNO2. The quantitative estimate of drug-likeness (QED) is 0.365. The van der Waals surface area contributed by atoms with Crippen molar-refractivity contribution in [1.29, 1.82) is 0 Å². The molecule has 0 fully saturated rings. The van der Waals surface area contributed by atoms with Gasteiger partial charge in [0.05, 0.1) is 0 Å². The van der Waals surface area contributed by atoms with Gasteiger partial charge in [-0.05, 0) is 0 Å². The number of rotatable bonds is 4. The van der Waals surface area contributed by atoms with Crippen LogP contribution in [0.2, 0.25) is 0 Å². The van der Waals surface area contributed by atoms with Crippen LogP contribution >= 0.6 is 11.6 Å². The van der Waals surface area contributed by atoms with Crippen LogP contribution in [-0.4, -0.2) is 18.4 Å². The van der Waals surface area contributed by atoms with Crippen molar-refractivity contribution in [2.75, 3.05) is 12.4 Å². The molecule has 9 heavy (non-hydrogen) atoms. The van der Waals surface area contributed by atoms with Gasteiger partial charge < -0.3 is 4.84 Å². The summed E-state index contributed by atoms with van der Waals surface area (Å²) in [6.07, 6.45) is 0.384. The Labute approximate surface area is 59.3 Å². The van der Waals surface area contributed by atoms with E-state index in [4.69, 9.17) is 11.6 Å². The summed E-state index contributed by atoms with van der Waals surface area (Å²) < 4.78 is 0. The van der Waals surface area contributed by atoms with Crippen LogP contribution in [-0.2, 0) is 9.63 Å². The van der Waals surface area contributed by atoms with Gasteiger partial charge in [0.1, 0.15) is 0 Å². The molecule has 0 saturated heterocycles. The lowest BCUT2D eigenvalue weighted by Crippen LogP contribution is -2.21. The monoisotopic (exact) mass is 151 g/mol. The highest BCUT2D eigenvalue weighted by Gasteiger charge is 1.94. The van der Waals surface area contributed by atoms with Gasteiger partial charge in [-0.3, -0.25) is 4.79 Å². The number of hydrogen-bond donors (Lipinski definition) is 1. The Morgan fingerprint density at radius 3 is 2.89 bits per heavy atom. The van der Waals surface area contributed by atoms with E-state index >= 15 is 0 Å². The van der Waals surface area contributed by atoms with Crippen molar-refractivity contribution >= 4 is 17.6 Å². The van der Waals surface area contributed by atoms with Crippen LogP contribution in [0.4, 0.5) is 0 Å². The Morgan fingerprint density at radius 2 is 2.44 bits per heavy atom. The third kappa shape index (κ3) is 5.59. The maximum absolute atomic E-state index is 10.4. The first-order valence-corrected chi connectivity index (χ1v) is 3.33. The number of hydrogen-bond acceptors (Lipinski definition) is 3. The average molecular weight is 152 g/mol. The first-order chi connectivity index (χ1) is 4.31. The molecule has 0 atom stereocenters. The molecule has 54 valence electrons. The predicted molar refractivity (Wildman–Crippen MR) is 35.1 cm³/mol. The van der Waals surface area contributed by atoms with Crippen LogP contribution in [0.1, 0.15) is 13.3 Å². The standard InChI is InChI=1S/C5H10ClNO2/c1-2-5(8)9-7-4-3-6/h7H,2-4H2,1H3. The predicted octanol–water partition coefficient (Wildman–Crippen LogP) is 0.683. The molecule has 0 rings (SSSR count). The van der Waals surface area contributed by atoms with Crippen molar-refractivity contribution in [1.82, 2.24) is 5.48 Å². The Bertz CT molecular complexity index is 87.0. The second kappa shape index (κ2) is 5.85. The van der Waals surface area contributed by atoms with E-state index in [1.165, 1.54) is 0 Å². The van der Waals surface area contributed by atoms with E-state index < -0.39 is 0 Å². The minimum Gasteiger partial charge on any atom is -0.371 e. The van der Waals surface area contributed by atoms with E-state index in [2.05, 4.69) is 10.3 Å². The second-order valence-electron chi connectivity index (χ2n) is 1.41. The molecule has 0 amide bonds. The molecule has 0 spiro atoms. The molecule has 0 saturated carbocycles. The molecule has 0 radical (unpaired) electrons. The van der Waals surface area contributed by atoms with Crippen molar-refractivity contribution < 1.29 is 9.63 Å². The fraction of sp³-hybridized carbons (Fsp3) is 0.800. The molecule has 0 aliphatic heterocycles. The van der Waals surface area contributed by atoms with Gasteiger partial charge in [0.2, 0.25) is 0 Å². The SMILES string of the molecule is CCC(=O)ONCCCl. The van der Waals surface area contributed by atoms with Gasteiger partial charge in [-0.25, -0.2) is 0 Å². The largest absolute Gasteiger partial charge is 0.371 e. The molecule has 0 aliphatic carbocycles. The number of hydroxylamine groups is 1. The van der Waals surface area contributed by atoms with Gasteiger partial charge in [0.25, 0.3) is 0 Å². The van der Waals surface area contributed by atoms with Crippen LogP contribution in [0.5, 0.6) is 0 Å². The van der Waals surface area contributed by atoms with E-state index in [0.29, 0.717) is 18.8 Å². The smallest absolute Gasteiger partial charge is 0.324 e. The van der Waals surface area contributed by atoms with E-state index in [9.17, 15) is 4.79 Å². The van der Waals surface area contributed by atoms with E-state index in [1.54, 1.807) is 6.92 Å². The Morgan fingerprint density at radius 1 is 1.78 bits per heavy atom. The highest BCUT2D eigenvalue weighted by molar-refractivity contribution is 6.18. The number of alkyl halides is 1. The van der Waals surface area contributed by atoms with E-state index in [-0.39, 0.29) is 5.97 Å². The highest BCUT2D eigenvalue weighted by atomic mass is 35.5. The Kier molecular flexibility index (Phi) is 5.67. The lowest BCUT2D eigenvalue weighted by molar-refractivity contribution is -0.150. The number of halogens is 1. The normalized spacial score (nSPS) is 9.11. The summed E-state index contributed by atoms with van der Waals surface area (Å²) in [6, 6.07) is 0. The summed E-state index contributed by atoms with van der Waals surface area (Å²) in [5, 5.41) is 0. The van der Waals surface area contributed by atoms with Crippen LogP contribution in [0.3, 0.4) is 0 Å². The molecule has 0 heterocycles. The summed E-state index contributed by atoms with van der Waals surface area (Å²) in [5.74, 6) is 0.178.